The van der Waals surface area contributed by atoms with Crippen LogP contribution >= 0.6 is 11.6 Å². The predicted octanol–water partition coefficient (Wildman–Crippen LogP) is 3.34. The van der Waals surface area contributed by atoms with Gasteiger partial charge in [-0.25, -0.2) is 0 Å². The van der Waals surface area contributed by atoms with Crippen molar-refractivity contribution in [2.45, 2.75) is 13.8 Å². The van der Waals surface area contributed by atoms with Gasteiger partial charge in [0.2, 0.25) is 0 Å². The highest BCUT2D eigenvalue weighted by molar-refractivity contribution is 6.35. The van der Waals surface area contributed by atoms with Gasteiger partial charge in [-0.1, -0.05) is 11.6 Å². The van der Waals surface area contributed by atoms with E-state index in [1.807, 2.05) is 13.0 Å². The van der Waals surface area contributed by atoms with E-state index in [0.29, 0.717) is 16.5 Å². The lowest BCUT2D eigenvalue weighted by atomic mass is 10.1. The van der Waals surface area contributed by atoms with Gasteiger partial charge >= 0.3 is 0 Å². The first-order valence-electron chi connectivity index (χ1n) is 4.91. The maximum absolute atomic E-state index is 11.4. The number of Topliss-reactive ketones (excluding diaryl/α,β-unsaturated/α-hetero) is 1. The molecule has 0 radical (unpaired) electrons. The number of hydrogen-bond donors (Lipinski definition) is 1. The molecule has 1 aromatic carbocycles. The molecule has 2 aromatic rings. The summed E-state index contributed by atoms with van der Waals surface area (Å²) in [5, 5.41) is 1.49. The first-order chi connectivity index (χ1) is 7.54. The Hall–Kier alpha value is -1.48. The topological polar surface area (TPSA) is 42.1 Å². The molecule has 1 aromatic heterocycles. The summed E-state index contributed by atoms with van der Waals surface area (Å²) in [6, 6.07) is 3.60. The van der Waals surface area contributed by atoms with E-state index in [4.69, 9.17) is 16.3 Å². The highest BCUT2D eigenvalue weighted by Gasteiger charge is 2.14. The summed E-state index contributed by atoms with van der Waals surface area (Å²) in [6.45, 7) is 3.42. The Bertz CT molecular complexity index is 572. The van der Waals surface area contributed by atoms with Crippen molar-refractivity contribution in [3.63, 3.8) is 0 Å². The molecule has 84 valence electrons. The molecule has 0 saturated heterocycles. The summed E-state index contributed by atoms with van der Waals surface area (Å²) in [5.41, 5.74) is 2.29. The zero-order chi connectivity index (χ0) is 11.9. The van der Waals surface area contributed by atoms with Gasteiger partial charge < -0.3 is 9.72 Å². The molecule has 0 atom stereocenters. The Balaban J connectivity index is 2.81. The van der Waals surface area contributed by atoms with Crippen molar-refractivity contribution in [2.24, 2.45) is 0 Å². The Morgan fingerprint density at radius 3 is 2.69 bits per heavy atom. The average molecular weight is 238 g/mol. The molecule has 0 aliphatic carbocycles. The average Bonchev–Trinajstić information content (AvgIpc) is 2.57. The molecule has 1 N–H and O–H groups in total. The van der Waals surface area contributed by atoms with Crippen molar-refractivity contribution < 1.29 is 9.53 Å². The number of methoxy groups -OCH3 is 1. The molecule has 0 bridgehead atoms. The molecule has 0 spiro atoms. The summed E-state index contributed by atoms with van der Waals surface area (Å²) in [4.78, 5) is 14.4. The number of fused-ring (bicyclic) bond motifs is 1. The van der Waals surface area contributed by atoms with Crippen LogP contribution in [0, 0.1) is 6.92 Å². The maximum atomic E-state index is 11.4. The van der Waals surface area contributed by atoms with Crippen molar-refractivity contribution >= 4 is 28.3 Å². The number of ketones is 1. The fourth-order valence-corrected chi connectivity index (χ4v) is 2.08. The number of H-pyrrole nitrogens is 1. The smallest absolute Gasteiger partial charge is 0.176 e. The van der Waals surface area contributed by atoms with E-state index in [2.05, 4.69) is 4.98 Å². The van der Waals surface area contributed by atoms with Gasteiger partial charge in [0.05, 0.1) is 23.3 Å². The number of rotatable bonds is 2. The van der Waals surface area contributed by atoms with E-state index in [-0.39, 0.29) is 5.78 Å². The van der Waals surface area contributed by atoms with Crippen molar-refractivity contribution in [2.75, 3.05) is 7.11 Å². The number of benzene rings is 1. The highest BCUT2D eigenvalue weighted by Crippen LogP contribution is 2.32. The molecule has 2 rings (SSSR count). The van der Waals surface area contributed by atoms with Crippen LogP contribution in [0.25, 0.3) is 10.9 Å². The van der Waals surface area contributed by atoms with Crippen LogP contribution in [0.1, 0.15) is 23.0 Å². The number of carbonyl (C=O) groups excluding carboxylic acids is 1. The standard InChI is InChI=1S/C12H12ClNO2/c1-6-9-4-8(16-3)5-10(13)12(9)14-11(6)7(2)15/h4-5,14H,1-3H3. The number of hydrogen-bond acceptors (Lipinski definition) is 2. The molecule has 1 heterocycles. The number of carbonyl (C=O) groups is 1. The van der Waals surface area contributed by atoms with Crippen LogP contribution in [0.3, 0.4) is 0 Å². The van der Waals surface area contributed by atoms with E-state index < -0.39 is 0 Å². The lowest BCUT2D eigenvalue weighted by Crippen LogP contribution is -1.93. The summed E-state index contributed by atoms with van der Waals surface area (Å²) in [7, 11) is 1.59. The molecule has 16 heavy (non-hydrogen) atoms. The number of ether oxygens (including phenoxy) is 1. The molecule has 4 heteroatoms. The number of aromatic nitrogens is 1. The van der Waals surface area contributed by atoms with Crippen molar-refractivity contribution in [1.29, 1.82) is 0 Å². The quantitative estimate of drug-likeness (QED) is 0.814. The van der Waals surface area contributed by atoms with Crippen LogP contribution in [0.5, 0.6) is 5.75 Å². The lowest BCUT2D eigenvalue weighted by Gasteiger charge is -2.01. The van der Waals surface area contributed by atoms with Crippen LogP contribution in [0.15, 0.2) is 12.1 Å². The minimum absolute atomic E-state index is 0.00346. The van der Waals surface area contributed by atoms with Gasteiger partial charge in [-0.3, -0.25) is 4.79 Å². The van der Waals surface area contributed by atoms with Crippen molar-refractivity contribution in [3.8, 4) is 5.75 Å². The number of halogens is 1. The Morgan fingerprint density at radius 2 is 2.12 bits per heavy atom. The molecule has 0 aliphatic heterocycles. The second-order valence-electron chi connectivity index (χ2n) is 3.71. The molecule has 0 unspecified atom stereocenters. The summed E-state index contributed by atoms with van der Waals surface area (Å²) < 4.78 is 5.14. The second-order valence-corrected chi connectivity index (χ2v) is 4.12. The third kappa shape index (κ3) is 1.57. The van der Waals surface area contributed by atoms with Gasteiger partial charge in [-0.05, 0) is 18.6 Å². The Labute approximate surface area is 98.4 Å². The SMILES string of the molecule is COc1cc(Cl)c2[nH]c(C(C)=O)c(C)c2c1. The monoisotopic (exact) mass is 237 g/mol. The van der Waals surface area contributed by atoms with Crippen LogP contribution in [-0.2, 0) is 0 Å². The summed E-state index contributed by atoms with van der Waals surface area (Å²) in [5.74, 6) is 0.693. The Morgan fingerprint density at radius 1 is 1.44 bits per heavy atom. The van der Waals surface area contributed by atoms with Gasteiger partial charge in [0.25, 0.3) is 0 Å². The molecule has 0 fully saturated rings. The van der Waals surface area contributed by atoms with E-state index in [9.17, 15) is 4.79 Å². The Kier molecular flexibility index (Phi) is 2.64. The van der Waals surface area contributed by atoms with Gasteiger partial charge in [0, 0.05) is 18.4 Å². The molecule has 0 amide bonds. The van der Waals surface area contributed by atoms with E-state index in [0.717, 1.165) is 16.5 Å². The zero-order valence-corrected chi connectivity index (χ0v) is 10.1. The normalized spacial score (nSPS) is 10.8. The third-order valence-electron chi connectivity index (χ3n) is 2.68. The number of aromatic amines is 1. The lowest BCUT2D eigenvalue weighted by molar-refractivity contribution is 0.101. The van der Waals surface area contributed by atoms with E-state index in [1.165, 1.54) is 6.92 Å². The van der Waals surface area contributed by atoms with Crippen molar-refractivity contribution in [3.05, 3.63) is 28.4 Å². The number of nitrogens with one attached hydrogen (secondary N) is 1. The molecular weight excluding hydrogens is 226 g/mol. The minimum Gasteiger partial charge on any atom is -0.497 e. The fraction of sp³-hybridized carbons (Fsp3) is 0.250. The fourth-order valence-electron chi connectivity index (χ4n) is 1.83. The van der Waals surface area contributed by atoms with E-state index >= 15 is 0 Å². The third-order valence-corrected chi connectivity index (χ3v) is 2.98. The zero-order valence-electron chi connectivity index (χ0n) is 9.35. The molecular formula is C12H12ClNO2. The number of aryl methyl sites for hydroxylation is 1. The van der Waals surface area contributed by atoms with Crippen LogP contribution in [0.2, 0.25) is 5.02 Å². The summed E-state index contributed by atoms with van der Waals surface area (Å²) in [6.07, 6.45) is 0. The van der Waals surface area contributed by atoms with Crippen LogP contribution < -0.4 is 4.74 Å². The highest BCUT2D eigenvalue weighted by atomic mass is 35.5. The molecule has 0 saturated carbocycles. The van der Waals surface area contributed by atoms with E-state index in [1.54, 1.807) is 13.2 Å². The van der Waals surface area contributed by atoms with Crippen molar-refractivity contribution in [1.82, 2.24) is 4.98 Å². The maximum Gasteiger partial charge on any atom is 0.176 e. The van der Waals surface area contributed by atoms with Crippen LogP contribution in [-0.4, -0.2) is 17.9 Å². The minimum atomic E-state index is 0.00346. The van der Waals surface area contributed by atoms with Gasteiger partial charge in [0.15, 0.2) is 5.78 Å². The summed E-state index contributed by atoms with van der Waals surface area (Å²) >= 11 is 6.11. The molecule has 0 aliphatic rings. The van der Waals surface area contributed by atoms with Gasteiger partial charge in [-0.2, -0.15) is 0 Å². The second kappa shape index (κ2) is 3.83. The van der Waals surface area contributed by atoms with Gasteiger partial charge in [0.1, 0.15) is 5.75 Å². The first kappa shape index (κ1) is 11.0. The van der Waals surface area contributed by atoms with Crippen LogP contribution in [0.4, 0.5) is 0 Å². The first-order valence-corrected chi connectivity index (χ1v) is 5.29. The molecule has 3 nitrogen and oxygen atoms in total. The van der Waals surface area contributed by atoms with Gasteiger partial charge in [-0.15, -0.1) is 0 Å². The largest absolute Gasteiger partial charge is 0.497 e. The predicted molar refractivity (Wildman–Crippen MR) is 64.6 cm³/mol.